The van der Waals surface area contributed by atoms with Gasteiger partial charge in [0.1, 0.15) is 17.8 Å². The van der Waals surface area contributed by atoms with Crippen LogP contribution >= 0.6 is 27.5 Å². The number of fused-ring (bicyclic) bond motifs is 1. The summed E-state index contributed by atoms with van der Waals surface area (Å²) in [4.78, 5) is 32.4. The number of nitro groups is 1. The maximum atomic E-state index is 13.4. The van der Waals surface area contributed by atoms with Crippen molar-refractivity contribution in [2.75, 3.05) is 0 Å². The van der Waals surface area contributed by atoms with E-state index >= 15 is 0 Å². The number of nitrogens with zero attached hydrogens (tertiary/aromatic N) is 5. The molecule has 178 valence electrons. The summed E-state index contributed by atoms with van der Waals surface area (Å²) in [5.41, 5.74) is 0.0943. The molecule has 4 aromatic rings. The van der Waals surface area contributed by atoms with Crippen molar-refractivity contribution < 1.29 is 9.66 Å². The second-order valence-electron chi connectivity index (χ2n) is 8.60. The molecule has 2 aromatic heterocycles. The van der Waals surface area contributed by atoms with Crippen LogP contribution in [-0.4, -0.2) is 25.8 Å². The summed E-state index contributed by atoms with van der Waals surface area (Å²) >= 11 is 9.59. The highest BCUT2D eigenvalue weighted by atomic mass is 79.9. The molecular formula is C24H19BrClN5O4. The summed E-state index contributed by atoms with van der Waals surface area (Å²) < 4.78 is 7.83. The van der Waals surface area contributed by atoms with Gasteiger partial charge in [0, 0.05) is 32.6 Å². The number of ether oxygens (including phenoxy) is 1. The lowest BCUT2D eigenvalue weighted by molar-refractivity contribution is -0.385. The zero-order valence-electron chi connectivity index (χ0n) is 18.9. The third-order valence-corrected chi connectivity index (χ3v) is 5.64. The molecule has 11 heteroatoms. The van der Waals surface area contributed by atoms with Crippen molar-refractivity contribution >= 4 is 50.3 Å². The van der Waals surface area contributed by atoms with Gasteiger partial charge < -0.3 is 4.74 Å². The average molecular weight is 557 g/mol. The average Bonchev–Trinajstić information content (AvgIpc) is 2.80. The fourth-order valence-electron chi connectivity index (χ4n) is 3.23. The van der Waals surface area contributed by atoms with Crippen LogP contribution < -0.4 is 10.3 Å². The molecule has 0 unspecified atom stereocenters. The van der Waals surface area contributed by atoms with E-state index in [1.54, 1.807) is 30.3 Å². The van der Waals surface area contributed by atoms with Crippen LogP contribution in [0.4, 0.5) is 5.69 Å². The zero-order chi connectivity index (χ0) is 25.3. The molecule has 2 heterocycles. The normalized spacial score (nSPS) is 11.8. The zero-order valence-corrected chi connectivity index (χ0v) is 21.2. The first-order valence-electron chi connectivity index (χ1n) is 10.4. The van der Waals surface area contributed by atoms with Gasteiger partial charge in [0.15, 0.2) is 0 Å². The molecule has 0 N–H and O–H groups in total. The Balaban J connectivity index is 1.79. The van der Waals surface area contributed by atoms with Gasteiger partial charge in [-0.2, -0.15) is 9.78 Å². The lowest BCUT2D eigenvalue weighted by Crippen LogP contribution is -2.29. The Bertz CT molecular complexity index is 1530. The monoisotopic (exact) mass is 555 g/mol. The van der Waals surface area contributed by atoms with Crippen LogP contribution in [0.2, 0.25) is 5.02 Å². The Morgan fingerprint density at radius 3 is 2.60 bits per heavy atom. The Morgan fingerprint density at radius 1 is 1.17 bits per heavy atom. The molecule has 0 aliphatic heterocycles. The van der Waals surface area contributed by atoms with Gasteiger partial charge in [-0.3, -0.25) is 14.9 Å². The number of hydrogen-bond acceptors (Lipinski definition) is 7. The van der Waals surface area contributed by atoms with Gasteiger partial charge in [-0.05, 0) is 36.4 Å². The minimum atomic E-state index is -0.544. The molecule has 9 nitrogen and oxygen atoms in total. The highest BCUT2D eigenvalue weighted by molar-refractivity contribution is 9.10. The van der Waals surface area contributed by atoms with E-state index in [9.17, 15) is 14.9 Å². The first-order chi connectivity index (χ1) is 16.5. The molecular weight excluding hydrogens is 538 g/mol. The van der Waals surface area contributed by atoms with E-state index in [-0.39, 0.29) is 17.1 Å². The summed E-state index contributed by atoms with van der Waals surface area (Å²) in [7, 11) is 0. The Morgan fingerprint density at radius 2 is 1.94 bits per heavy atom. The molecule has 2 aromatic carbocycles. The molecule has 4 rings (SSSR count). The van der Waals surface area contributed by atoms with E-state index in [4.69, 9.17) is 21.3 Å². The molecule has 35 heavy (non-hydrogen) atoms. The molecule has 0 radical (unpaired) electrons. The van der Waals surface area contributed by atoms with Crippen molar-refractivity contribution in [3.63, 3.8) is 0 Å². The molecule has 0 spiro atoms. The Labute approximate surface area is 213 Å². The van der Waals surface area contributed by atoms with Gasteiger partial charge in [-0.15, -0.1) is 0 Å². The predicted molar refractivity (Wildman–Crippen MR) is 138 cm³/mol. The lowest BCUT2D eigenvalue weighted by Gasteiger charge is -2.21. The van der Waals surface area contributed by atoms with Gasteiger partial charge in [0.2, 0.25) is 5.88 Å². The van der Waals surface area contributed by atoms with Crippen LogP contribution in [-0.2, 0) is 5.41 Å². The maximum Gasteiger partial charge on any atom is 0.287 e. The molecule has 0 amide bonds. The quantitative estimate of drug-likeness (QED) is 0.167. The van der Waals surface area contributed by atoms with E-state index in [1.165, 1.54) is 23.0 Å². The summed E-state index contributed by atoms with van der Waals surface area (Å²) in [6.45, 7) is 5.83. The largest absolute Gasteiger partial charge is 0.438 e. The van der Waals surface area contributed by atoms with Gasteiger partial charge in [0.25, 0.3) is 11.2 Å². The first-order valence-corrected chi connectivity index (χ1v) is 11.5. The molecule has 0 bridgehead atoms. The SMILES string of the molecule is CC(C)(C)c1nc2ccc(Br)cc2c(=O)n1N=Cc1cc(Cl)ccc1Oc1ccc([N+](=O)[O-])cn1. The first kappa shape index (κ1) is 24.5. The van der Waals surface area contributed by atoms with Gasteiger partial charge in [-0.25, -0.2) is 9.97 Å². The molecule has 0 saturated heterocycles. The van der Waals surface area contributed by atoms with E-state index in [2.05, 4.69) is 26.0 Å². The topological polar surface area (TPSA) is 113 Å². The van der Waals surface area contributed by atoms with Crippen molar-refractivity contribution in [3.05, 3.63) is 96.1 Å². The number of hydrogen-bond donors (Lipinski definition) is 0. The van der Waals surface area contributed by atoms with Crippen LogP contribution in [0.5, 0.6) is 11.6 Å². The van der Waals surface area contributed by atoms with E-state index < -0.39 is 10.3 Å². The van der Waals surface area contributed by atoms with Crippen LogP contribution in [0, 0.1) is 10.1 Å². The van der Waals surface area contributed by atoms with Crippen LogP contribution in [0.3, 0.4) is 0 Å². The van der Waals surface area contributed by atoms with E-state index in [0.29, 0.717) is 33.1 Å². The van der Waals surface area contributed by atoms with Gasteiger partial charge in [-0.1, -0.05) is 48.3 Å². The van der Waals surface area contributed by atoms with Crippen LogP contribution in [0.1, 0.15) is 32.2 Å². The summed E-state index contributed by atoms with van der Waals surface area (Å²) in [5, 5.41) is 16.2. The summed E-state index contributed by atoms with van der Waals surface area (Å²) in [6, 6.07) is 12.9. The maximum absolute atomic E-state index is 13.4. The fourth-order valence-corrected chi connectivity index (χ4v) is 3.77. The van der Waals surface area contributed by atoms with E-state index in [1.807, 2.05) is 26.8 Å². The fraction of sp³-hybridized carbons (Fsp3) is 0.167. The smallest absolute Gasteiger partial charge is 0.287 e. The lowest BCUT2D eigenvalue weighted by atomic mass is 9.95. The number of pyridine rings is 1. The minimum Gasteiger partial charge on any atom is -0.438 e. The molecule has 0 saturated carbocycles. The van der Waals surface area contributed by atoms with Gasteiger partial charge >= 0.3 is 0 Å². The van der Waals surface area contributed by atoms with Crippen LogP contribution in [0.25, 0.3) is 10.9 Å². The number of halogens is 2. The molecule has 0 aliphatic carbocycles. The number of rotatable bonds is 5. The van der Waals surface area contributed by atoms with Crippen molar-refractivity contribution in [2.45, 2.75) is 26.2 Å². The third kappa shape index (κ3) is 5.39. The van der Waals surface area contributed by atoms with Crippen molar-refractivity contribution in [1.29, 1.82) is 0 Å². The molecule has 0 aliphatic rings. The second kappa shape index (κ2) is 9.55. The standard InChI is InChI=1S/C24H19BrClN5O4/c1-24(2,3)23-29-19-7-4-15(25)11-18(19)22(32)30(23)28-12-14-10-16(26)5-8-20(14)35-21-9-6-17(13-27-21)31(33)34/h4-13H,1-3H3. The van der Waals surface area contributed by atoms with Crippen molar-refractivity contribution in [3.8, 4) is 11.6 Å². The summed E-state index contributed by atoms with van der Waals surface area (Å²) in [6.07, 6.45) is 2.56. The highest BCUT2D eigenvalue weighted by Crippen LogP contribution is 2.27. The highest BCUT2D eigenvalue weighted by Gasteiger charge is 2.23. The third-order valence-electron chi connectivity index (χ3n) is 4.91. The van der Waals surface area contributed by atoms with Crippen molar-refractivity contribution in [1.82, 2.24) is 14.6 Å². The van der Waals surface area contributed by atoms with Crippen molar-refractivity contribution in [2.24, 2.45) is 5.10 Å². The molecule has 0 atom stereocenters. The Hall–Kier alpha value is -3.63. The minimum absolute atomic E-state index is 0.150. The molecule has 0 fully saturated rings. The second-order valence-corrected chi connectivity index (χ2v) is 9.96. The number of aromatic nitrogens is 3. The number of benzene rings is 2. The van der Waals surface area contributed by atoms with Crippen LogP contribution in [0.15, 0.2) is 69.1 Å². The summed E-state index contributed by atoms with van der Waals surface area (Å²) in [5.74, 6) is 0.980. The predicted octanol–water partition coefficient (Wildman–Crippen LogP) is 6.09. The van der Waals surface area contributed by atoms with Gasteiger partial charge in [0.05, 0.1) is 22.0 Å². The van der Waals surface area contributed by atoms with E-state index in [0.717, 1.165) is 10.7 Å². The Kier molecular flexibility index (Phi) is 6.68.